The van der Waals surface area contributed by atoms with Gasteiger partial charge < -0.3 is 10.6 Å². The van der Waals surface area contributed by atoms with Crippen molar-refractivity contribution in [2.45, 2.75) is 45.4 Å². The summed E-state index contributed by atoms with van der Waals surface area (Å²) >= 11 is 1.46. The fourth-order valence-corrected chi connectivity index (χ4v) is 4.88. The van der Waals surface area contributed by atoms with Crippen LogP contribution in [0.25, 0.3) is 20.4 Å². The van der Waals surface area contributed by atoms with E-state index in [0.717, 1.165) is 31.7 Å². The van der Waals surface area contributed by atoms with E-state index in [2.05, 4.69) is 30.8 Å². The van der Waals surface area contributed by atoms with Crippen molar-refractivity contribution in [1.29, 1.82) is 0 Å². The van der Waals surface area contributed by atoms with Crippen molar-refractivity contribution in [3.63, 3.8) is 0 Å². The molecule has 10 heteroatoms. The van der Waals surface area contributed by atoms with Gasteiger partial charge in [-0.25, -0.2) is 18.7 Å². The molecule has 0 bridgehead atoms. The number of nitrogens with zero attached hydrogens (tertiary/aromatic N) is 4. The Morgan fingerprint density at radius 3 is 2.81 bits per heavy atom. The summed E-state index contributed by atoms with van der Waals surface area (Å²) in [4.78, 5) is 22.0. The number of alkyl halides is 1. The van der Waals surface area contributed by atoms with Crippen LogP contribution >= 0.6 is 11.3 Å². The third-order valence-electron chi connectivity index (χ3n) is 5.81. The zero-order valence-electron chi connectivity index (χ0n) is 17.4. The van der Waals surface area contributed by atoms with Crippen LogP contribution < -0.4 is 10.6 Å². The van der Waals surface area contributed by atoms with Crippen LogP contribution in [0.2, 0.25) is 0 Å². The Kier molecular flexibility index (Phi) is 5.16. The summed E-state index contributed by atoms with van der Waals surface area (Å²) in [5, 5.41) is 15.4. The molecular weight excluding hydrogens is 434 g/mol. The summed E-state index contributed by atoms with van der Waals surface area (Å²) in [7, 11) is 0. The van der Waals surface area contributed by atoms with Gasteiger partial charge in [0.1, 0.15) is 29.0 Å². The molecule has 0 saturated heterocycles. The largest absolute Gasteiger partial charge is 0.365 e. The summed E-state index contributed by atoms with van der Waals surface area (Å²) in [6.07, 6.45) is 1.15. The van der Waals surface area contributed by atoms with E-state index >= 15 is 0 Å². The van der Waals surface area contributed by atoms with E-state index in [-0.39, 0.29) is 24.4 Å². The van der Waals surface area contributed by atoms with Crippen LogP contribution in [-0.2, 0) is 6.54 Å². The second-order valence-electron chi connectivity index (χ2n) is 8.00. The topological polar surface area (TPSA) is 92.7 Å². The van der Waals surface area contributed by atoms with Crippen LogP contribution in [0.1, 0.15) is 40.0 Å². The summed E-state index contributed by atoms with van der Waals surface area (Å²) in [6.45, 7) is 4.24. The molecule has 32 heavy (non-hydrogen) atoms. The van der Waals surface area contributed by atoms with Crippen molar-refractivity contribution in [2.75, 3.05) is 5.32 Å². The van der Waals surface area contributed by atoms with E-state index in [1.807, 2.05) is 13.8 Å². The molecule has 1 amide bonds. The van der Waals surface area contributed by atoms with Gasteiger partial charge in [0.25, 0.3) is 5.91 Å². The highest BCUT2D eigenvalue weighted by Gasteiger charge is 2.30. The molecule has 0 unspecified atom stereocenters. The summed E-state index contributed by atoms with van der Waals surface area (Å²) < 4.78 is 28.1. The lowest BCUT2D eigenvalue weighted by atomic mass is 9.90. The lowest BCUT2D eigenvalue weighted by Crippen LogP contribution is -2.45. The number of carbonyl (C=O) groups excluding carboxylic acids is 1. The zero-order chi connectivity index (χ0) is 22.4. The van der Waals surface area contributed by atoms with E-state index in [1.54, 1.807) is 6.07 Å². The van der Waals surface area contributed by atoms with Crippen LogP contribution in [0.4, 0.5) is 14.6 Å². The average Bonchev–Trinajstić information content (AvgIpc) is 3.14. The number of aryl methyl sites for hydroxylation is 2. The first kappa shape index (κ1) is 20.6. The quantitative estimate of drug-likeness (QED) is 0.469. The van der Waals surface area contributed by atoms with Gasteiger partial charge in [-0.2, -0.15) is 5.10 Å². The number of anilines is 1. The van der Waals surface area contributed by atoms with E-state index in [0.29, 0.717) is 17.9 Å². The molecule has 3 aromatic heterocycles. The molecule has 5 rings (SSSR count). The molecule has 164 valence electrons. The smallest absolute Gasteiger partial charge is 0.254 e. The third kappa shape index (κ3) is 3.64. The van der Waals surface area contributed by atoms with Crippen molar-refractivity contribution in [3.8, 4) is 0 Å². The highest BCUT2D eigenvalue weighted by molar-refractivity contribution is 7.25. The Morgan fingerprint density at radius 1 is 1.22 bits per heavy atom. The number of benzene rings is 1. The molecule has 2 N–H and O–H groups in total. The second-order valence-corrected chi connectivity index (χ2v) is 9.00. The second kappa shape index (κ2) is 8.01. The van der Waals surface area contributed by atoms with Gasteiger partial charge in [0, 0.05) is 18.0 Å². The number of fused-ring (bicyclic) bond motifs is 3. The van der Waals surface area contributed by atoms with Gasteiger partial charge in [-0.1, -0.05) is 6.07 Å². The molecular formula is C22H20F2N6OS. The first-order valence-corrected chi connectivity index (χ1v) is 11.1. The maximum Gasteiger partial charge on any atom is 0.254 e. The Bertz CT molecular complexity index is 1350. The van der Waals surface area contributed by atoms with E-state index in [9.17, 15) is 13.6 Å². The van der Waals surface area contributed by atoms with Gasteiger partial charge in [-0.05, 0) is 49.9 Å². The Labute approximate surface area is 186 Å². The molecule has 1 saturated carbocycles. The first-order chi connectivity index (χ1) is 15.4. The van der Waals surface area contributed by atoms with Gasteiger partial charge >= 0.3 is 0 Å². The normalized spacial score (nSPS) is 18.0. The molecule has 1 fully saturated rings. The molecule has 4 aromatic rings. The molecule has 7 nitrogen and oxygen atoms in total. The maximum atomic E-state index is 14.2. The fourth-order valence-electron chi connectivity index (χ4n) is 3.78. The van der Waals surface area contributed by atoms with Crippen molar-refractivity contribution in [1.82, 2.24) is 25.5 Å². The molecule has 1 aromatic carbocycles. The van der Waals surface area contributed by atoms with Gasteiger partial charge in [0.2, 0.25) is 0 Å². The molecule has 1 aliphatic carbocycles. The number of amides is 1. The lowest BCUT2D eigenvalue weighted by Gasteiger charge is -2.30. The predicted molar refractivity (Wildman–Crippen MR) is 119 cm³/mol. The number of aromatic nitrogens is 4. The van der Waals surface area contributed by atoms with Crippen molar-refractivity contribution in [3.05, 3.63) is 52.7 Å². The summed E-state index contributed by atoms with van der Waals surface area (Å²) in [5.74, 6) is -0.505. The minimum Gasteiger partial charge on any atom is -0.365 e. The average molecular weight is 455 g/mol. The monoisotopic (exact) mass is 454 g/mol. The van der Waals surface area contributed by atoms with Crippen LogP contribution in [-0.4, -0.2) is 38.3 Å². The molecule has 0 radical (unpaired) electrons. The zero-order valence-corrected chi connectivity index (χ0v) is 18.3. The predicted octanol–water partition coefficient (Wildman–Crippen LogP) is 4.23. The fraction of sp³-hybridized carbons (Fsp3) is 0.318. The first-order valence-electron chi connectivity index (χ1n) is 10.2. The lowest BCUT2D eigenvalue weighted by molar-refractivity contribution is 0.0856. The van der Waals surface area contributed by atoms with Crippen LogP contribution in [0.3, 0.4) is 0 Å². The van der Waals surface area contributed by atoms with Crippen molar-refractivity contribution < 1.29 is 13.6 Å². The van der Waals surface area contributed by atoms with E-state index < -0.39 is 17.9 Å². The van der Waals surface area contributed by atoms with Crippen LogP contribution in [0.15, 0.2) is 24.5 Å². The van der Waals surface area contributed by atoms with Gasteiger partial charge in [-0.3, -0.25) is 4.79 Å². The number of thiophene rings is 1. The molecule has 0 aliphatic heterocycles. The van der Waals surface area contributed by atoms with Gasteiger partial charge in [-0.15, -0.1) is 16.4 Å². The maximum absolute atomic E-state index is 14.2. The molecule has 1 aliphatic rings. The van der Waals surface area contributed by atoms with Gasteiger partial charge in [0.05, 0.1) is 21.5 Å². The number of hydrogen-bond donors (Lipinski definition) is 2. The third-order valence-corrected chi connectivity index (χ3v) is 6.88. The van der Waals surface area contributed by atoms with Gasteiger partial charge in [0.15, 0.2) is 0 Å². The summed E-state index contributed by atoms with van der Waals surface area (Å²) in [6, 6.07) is 4.14. The number of nitrogens with one attached hydrogen (secondary N) is 2. The number of carbonyl (C=O) groups is 1. The number of hydrogen-bond acceptors (Lipinski definition) is 7. The standard InChI is InChI=1S/C22H20F2N6OS/c1-10-11(2)29-30-22-17(10)18-19(32-22)20(27-9-26-18)25-8-12-3-4-16(24)15(5-12)21(31)28-14-6-13(23)7-14/h3-5,9,13-14H,6-8H2,1-2H3,(H,28,31)(H,25,26,27). The molecule has 3 heterocycles. The van der Waals surface area contributed by atoms with Crippen molar-refractivity contribution >= 4 is 43.5 Å². The van der Waals surface area contributed by atoms with Crippen LogP contribution in [0, 0.1) is 19.7 Å². The highest BCUT2D eigenvalue weighted by atomic mass is 32.1. The number of rotatable bonds is 5. The van der Waals surface area contributed by atoms with E-state index in [1.165, 1.54) is 29.8 Å². The number of halogens is 2. The Hall–Kier alpha value is -3.27. The molecule has 0 spiro atoms. The Balaban J connectivity index is 1.39. The SMILES string of the molecule is Cc1nnc2sc3c(NCc4ccc(F)c(C(=O)NC5CC(F)C5)c4)ncnc3c2c1C. The molecule has 0 atom stereocenters. The minimum atomic E-state index is -0.891. The van der Waals surface area contributed by atoms with Crippen LogP contribution in [0.5, 0.6) is 0 Å². The minimum absolute atomic E-state index is 0.0531. The highest BCUT2D eigenvalue weighted by Crippen LogP contribution is 2.36. The van der Waals surface area contributed by atoms with Crippen molar-refractivity contribution in [2.24, 2.45) is 0 Å². The Morgan fingerprint density at radius 2 is 2.03 bits per heavy atom. The van der Waals surface area contributed by atoms with E-state index in [4.69, 9.17) is 0 Å². The summed E-state index contributed by atoms with van der Waals surface area (Å²) in [5.41, 5.74) is 3.36.